The van der Waals surface area contributed by atoms with E-state index in [9.17, 15) is 4.39 Å². The zero-order valence-corrected chi connectivity index (χ0v) is 10.2. The molecule has 1 unspecified atom stereocenters. The normalized spacial score (nSPS) is 20.9. The molecule has 0 spiro atoms. The van der Waals surface area contributed by atoms with Crippen molar-refractivity contribution >= 4 is 11.8 Å². The first-order valence-electron chi connectivity index (χ1n) is 5.87. The van der Waals surface area contributed by atoms with Gasteiger partial charge in [0.05, 0.1) is 0 Å². The molecular weight excluding hydrogens is 221 g/mol. The second-order valence-corrected chi connectivity index (χ2v) is 5.39. The Morgan fingerprint density at radius 2 is 2.38 bits per heavy atom. The van der Waals surface area contributed by atoms with Crippen molar-refractivity contribution in [3.63, 3.8) is 0 Å². The molecule has 1 heterocycles. The number of hydrogen-bond acceptors (Lipinski definition) is 2. The first kappa shape index (κ1) is 11.9. The highest BCUT2D eigenvalue weighted by molar-refractivity contribution is 7.98. The van der Waals surface area contributed by atoms with Crippen molar-refractivity contribution in [1.29, 1.82) is 0 Å². The zero-order chi connectivity index (χ0) is 11.2. The lowest BCUT2D eigenvalue weighted by Crippen LogP contribution is -2.30. The summed E-state index contributed by atoms with van der Waals surface area (Å²) in [5.41, 5.74) is 1.09. The van der Waals surface area contributed by atoms with Crippen LogP contribution in [-0.2, 0) is 5.75 Å². The van der Waals surface area contributed by atoms with E-state index in [2.05, 4.69) is 5.32 Å². The lowest BCUT2D eigenvalue weighted by atomic mass is 10.0. The third kappa shape index (κ3) is 3.80. The standard InChI is InChI=1S/C13H18FNS/c14-13-5-1-3-11(7-13)9-16-10-12-4-2-6-15-8-12/h1,3,5,7,12,15H,2,4,6,8-10H2. The quantitative estimate of drug-likeness (QED) is 0.866. The van der Waals surface area contributed by atoms with Crippen molar-refractivity contribution in [2.45, 2.75) is 18.6 Å². The van der Waals surface area contributed by atoms with Gasteiger partial charge in [0.1, 0.15) is 5.82 Å². The summed E-state index contributed by atoms with van der Waals surface area (Å²) in [6.45, 7) is 2.32. The Hall–Kier alpha value is -0.540. The summed E-state index contributed by atoms with van der Waals surface area (Å²) in [7, 11) is 0. The molecule has 0 bridgehead atoms. The number of halogens is 1. The number of hydrogen-bond donors (Lipinski definition) is 1. The SMILES string of the molecule is Fc1cccc(CSCC2CCCNC2)c1. The van der Waals surface area contributed by atoms with Gasteiger partial charge in [0.15, 0.2) is 0 Å². The van der Waals surface area contributed by atoms with Gasteiger partial charge in [-0.2, -0.15) is 11.8 Å². The summed E-state index contributed by atoms with van der Waals surface area (Å²) in [5, 5.41) is 3.42. The summed E-state index contributed by atoms with van der Waals surface area (Å²) >= 11 is 1.91. The van der Waals surface area contributed by atoms with Gasteiger partial charge in [-0.25, -0.2) is 4.39 Å². The van der Waals surface area contributed by atoms with Crippen molar-refractivity contribution in [3.8, 4) is 0 Å². The van der Waals surface area contributed by atoms with Crippen LogP contribution in [0.2, 0.25) is 0 Å². The summed E-state index contributed by atoms with van der Waals surface area (Å²) < 4.78 is 12.9. The number of nitrogens with one attached hydrogen (secondary N) is 1. The summed E-state index contributed by atoms with van der Waals surface area (Å²) in [5.74, 6) is 2.78. The largest absolute Gasteiger partial charge is 0.316 e. The van der Waals surface area contributed by atoms with E-state index in [0.717, 1.165) is 23.8 Å². The number of benzene rings is 1. The Kier molecular flexibility index (Phi) is 4.67. The summed E-state index contributed by atoms with van der Waals surface area (Å²) in [6.07, 6.45) is 2.63. The monoisotopic (exact) mass is 239 g/mol. The highest BCUT2D eigenvalue weighted by atomic mass is 32.2. The van der Waals surface area contributed by atoms with Crippen LogP contribution in [-0.4, -0.2) is 18.8 Å². The minimum atomic E-state index is -0.127. The molecule has 1 saturated heterocycles. The van der Waals surface area contributed by atoms with Gasteiger partial charge in [-0.15, -0.1) is 0 Å². The summed E-state index contributed by atoms with van der Waals surface area (Å²) in [6, 6.07) is 6.91. The molecule has 0 radical (unpaired) electrons. The minimum Gasteiger partial charge on any atom is -0.316 e. The Labute approximate surface area is 101 Å². The van der Waals surface area contributed by atoms with E-state index in [0.29, 0.717) is 0 Å². The second-order valence-electron chi connectivity index (χ2n) is 4.36. The molecule has 16 heavy (non-hydrogen) atoms. The molecule has 1 fully saturated rings. The van der Waals surface area contributed by atoms with Gasteiger partial charge in [0.2, 0.25) is 0 Å². The van der Waals surface area contributed by atoms with Gasteiger partial charge in [-0.05, 0) is 55.3 Å². The highest BCUT2D eigenvalue weighted by Crippen LogP contribution is 2.20. The van der Waals surface area contributed by atoms with Crippen molar-refractivity contribution in [1.82, 2.24) is 5.32 Å². The molecule has 0 aromatic heterocycles. The predicted molar refractivity (Wildman–Crippen MR) is 68.2 cm³/mol. The molecular formula is C13H18FNS. The Balaban J connectivity index is 1.71. The molecule has 1 aliphatic rings. The second kappa shape index (κ2) is 6.26. The molecule has 88 valence electrons. The highest BCUT2D eigenvalue weighted by Gasteiger charge is 2.12. The molecule has 3 heteroatoms. The van der Waals surface area contributed by atoms with Gasteiger partial charge >= 0.3 is 0 Å². The molecule has 0 saturated carbocycles. The number of thioether (sulfide) groups is 1. The van der Waals surface area contributed by atoms with Crippen LogP contribution in [0.3, 0.4) is 0 Å². The maximum absolute atomic E-state index is 12.9. The topological polar surface area (TPSA) is 12.0 Å². The van der Waals surface area contributed by atoms with Crippen LogP contribution in [0.5, 0.6) is 0 Å². The van der Waals surface area contributed by atoms with E-state index in [1.54, 1.807) is 12.1 Å². The lowest BCUT2D eigenvalue weighted by molar-refractivity contribution is 0.410. The average Bonchev–Trinajstić information content (AvgIpc) is 2.30. The molecule has 1 aliphatic heterocycles. The lowest BCUT2D eigenvalue weighted by Gasteiger charge is -2.22. The molecule has 0 aliphatic carbocycles. The van der Waals surface area contributed by atoms with E-state index in [1.807, 2.05) is 17.8 Å². The third-order valence-corrected chi connectivity index (χ3v) is 4.15. The van der Waals surface area contributed by atoms with Gasteiger partial charge in [-0.1, -0.05) is 12.1 Å². The fourth-order valence-electron chi connectivity index (χ4n) is 2.04. The van der Waals surface area contributed by atoms with E-state index in [4.69, 9.17) is 0 Å². The molecule has 2 rings (SSSR count). The molecule has 1 aromatic carbocycles. The first-order valence-corrected chi connectivity index (χ1v) is 7.03. The van der Waals surface area contributed by atoms with Crippen LogP contribution in [0.25, 0.3) is 0 Å². The average molecular weight is 239 g/mol. The van der Waals surface area contributed by atoms with Crippen molar-refractivity contribution in [2.75, 3.05) is 18.8 Å². The maximum atomic E-state index is 12.9. The molecule has 1 N–H and O–H groups in total. The smallest absolute Gasteiger partial charge is 0.123 e. The van der Waals surface area contributed by atoms with Crippen LogP contribution in [0.15, 0.2) is 24.3 Å². The van der Waals surface area contributed by atoms with Gasteiger partial charge in [-0.3, -0.25) is 0 Å². The van der Waals surface area contributed by atoms with Crippen molar-refractivity contribution in [2.24, 2.45) is 5.92 Å². The first-order chi connectivity index (χ1) is 7.84. The Morgan fingerprint density at radius 3 is 3.12 bits per heavy atom. The molecule has 1 nitrogen and oxygen atoms in total. The van der Waals surface area contributed by atoms with Crippen LogP contribution in [0, 0.1) is 11.7 Å². The van der Waals surface area contributed by atoms with Gasteiger partial charge in [0.25, 0.3) is 0 Å². The number of rotatable bonds is 4. The van der Waals surface area contributed by atoms with Crippen LogP contribution in [0.1, 0.15) is 18.4 Å². The fourth-order valence-corrected chi connectivity index (χ4v) is 3.19. The Morgan fingerprint density at radius 1 is 1.44 bits per heavy atom. The minimum absolute atomic E-state index is 0.127. The zero-order valence-electron chi connectivity index (χ0n) is 9.42. The van der Waals surface area contributed by atoms with E-state index in [-0.39, 0.29) is 5.82 Å². The van der Waals surface area contributed by atoms with Crippen LogP contribution in [0.4, 0.5) is 4.39 Å². The summed E-state index contributed by atoms with van der Waals surface area (Å²) in [4.78, 5) is 0. The maximum Gasteiger partial charge on any atom is 0.123 e. The van der Waals surface area contributed by atoms with E-state index < -0.39 is 0 Å². The van der Waals surface area contributed by atoms with Gasteiger partial charge in [0, 0.05) is 5.75 Å². The van der Waals surface area contributed by atoms with E-state index >= 15 is 0 Å². The third-order valence-electron chi connectivity index (χ3n) is 2.91. The molecule has 1 atom stereocenters. The number of piperidine rings is 1. The molecule has 0 amide bonds. The fraction of sp³-hybridized carbons (Fsp3) is 0.538. The van der Waals surface area contributed by atoms with Gasteiger partial charge < -0.3 is 5.32 Å². The van der Waals surface area contributed by atoms with Crippen molar-refractivity contribution < 1.29 is 4.39 Å². The van der Waals surface area contributed by atoms with Crippen molar-refractivity contribution in [3.05, 3.63) is 35.6 Å². The molecule has 1 aromatic rings. The predicted octanol–water partition coefficient (Wildman–Crippen LogP) is 3.06. The van der Waals surface area contributed by atoms with E-state index in [1.165, 1.54) is 31.2 Å². The van der Waals surface area contributed by atoms with Crippen LogP contribution >= 0.6 is 11.8 Å². The van der Waals surface area contributed by atoms with Crippen LogP contribution < -0.4 is 5.32 Å². The Bertz CT molecular complexity index is 323.